The molecule has 0 saturated heterocycles. The molecule has 11 aromatic rings. The Balaban J connectivity index is 1.15. The first-order valence-corrected chi connectivity index (χ1v) is 19.2. The normalized spacial score (nSPS) is 11.6. The molecule has 0 saturated carbocycles. The first-order valence-electron chi connectivity index (χ1n) is 19.2. The Morgan fingerprint density at radius 1 is 0.304 bits per heavy atom. The Bertz CT molecular complexity index is 3240. The zero-order chi connectivity index (χ0) is 37.0. The molecule has 56 heavy (non-hydrogen) atoms. The zero-order valence-electron chi connectivity index (χ0n) is 30.6. The molecule has 0 atom stereocenters. The molecule has 0 amide bonds. The van der Waals surface area contributed by atoms with Crippen LogP contribution in [0.3, 0.4) is 0 Å². The van der Waals surface area contributed by atoms with Crippen LogP contribution < -0.4 is 4.90 Å². The summed E-state index contributed by atoms with van der Waals surface area (Å²) in [5, 5.41) is 9.49. The van der Waals surface area contributed by atoms with Crippen LogP contribution in [0.15, 0.2) is 217 Å². The minimum atomic E-state index is 0.862. The molecule has 0 N–H and O–H groups in total. The van der Waals surface area contributed by atoms with Crippen LogP contribution in [0, 0.1) is 0 Å². The molecule has 0 radical (unpaired) electrons. The van der Waals surface area contributed by atoms with E-state index in [-0.39, 0.29) is 0 Å². The van der Waals surface area contributed by atoms with E-state index in [1.54, 1.807) is 0 Å². The molecule has 2 nitrogen and oxygen atoms in total. The topological polar surface area (TPSA) is 16.4 Å². The predicted molar refractivity (Wildman–Crippen MR) is 237 cm³/mol. The van der Waals surface area contributed by atoms with Crippen LogP contribution in [0.5, 0.6) is 0 Å². The number of nitrogens with zero attached hydrogens (tertiary/aromatic N) is 1. The van der Waals surface area contributed by atoms with Crippen molar-refractivity contribution in [3.8, 4) is 33.4 Å². The van der Waals surface area contributed by atoms with Gasteiger partial charge >= 0.3 is 0 Å². The van der Waals surface area contributed by atoms with Gasteiger partial charge in [0, 0.05) is 16.8 Å². The highest BCUT2D eigenvalue weighted by molar-refractivity contribution is 6.16. The quantitative estimate of drug-likeness (QED) is 0.171. The van der Waals surface area contributed by atoms with Crippen molar-refractivity contribution in [2.75, 3.05) is 4.90 Å². The maximum atomic E-state index is 6.62. The molecule has 0 aliphatic heterocycles. The van der Waals surface area contributed by atoms with E-state index in [1.807, 2.05) is 0 Å². The Kier molecular flexibility index (Phi) is 7.53. The molecule has 262 valence electrons. The minimum Gasteiger partial charge on any atom is -0.456 e. The van der Waals surface area contributed by atoms with E-state index in [4.69, 9.17) is 4.42 Å². The minimum absolute atomic E-state index is 0.862. The number of furan rings is 1. The average molecular weight is 714 g/mol. The van der Waals surface area contributed by atoms with Crippen LogP contribution in [0.25, 0.3) is 87.6 Å². The van der Waals surface area contributed by atoms with E-state index >= 15 is 0 Å². The number of rotatable bonds is 6. The van der Waals surface area contributed by atoms with Crippen molar-refractivity contribution < 1.29 is 4.42 Å². The van der Waals surface area contributed by atoms with Gasteiger partial charge in [-0.1, -0.05) is 158 Å². The van der Waals surface area contributed by atoms with E-state index in [1.165, 1.54) is 65.7 Å². The summed E-state index contributed by atoms with van der Waals surface area (Å²) in [6, 6.07) is 76.6. The van der Waals surface area contributed by atoms with Crippen LogP contribution in [-0.2, 0) is 0 Å². The Labute approximate surface area is 325 Å². The largest absolute Gasteiger partial charge is 0.456 e. The lowest BCUT2D eigenvalue weighted by Crippen LogP contribution is -2.10. The second kappa shape index (κ2) is 13.2. The highest BCUT2D eigenvalue weighted by atomic mass is 16.3. The van der Waals surface area contributed by atoms with E-state index in [0.717, 1.165) is 39.0 Å². The van der Waals surface area contributed by atoms with Crippen molar-refractivity contribution in [2.24, 2.45) is 0 Å². The van der Waals surface area contributed by atoms with Gasteiger partial charge in [0.15, 0.2) is 0 Å². The van der Waals surface area contributed by atoms with Crippen molar-refractivity contribution in [3.63, 3.8) is 0 Å². The van der Waals surface area contributed by atoms with E-state index < -0.39 is 0 Å². The van der Waals surface area contributed by atoms with Crippen LogP contribution >= 0.6 is 0 Å². The summed E-state index contributed by atoms with van der Waals surface area (Å²) >= 11 is 0. The van der Waals surface area contributed by atoms with Gasteiger partial charge in [-0.3, -0.25) is 0 Å². The molecular formula is C54H35NO. The third kappa shape index (κ3) is 5.42. The van der Waals surface area contributed by atoms with Crippen molar-refractivity contribution in [1.29, 1.82) is 0 Å². The number of benzene rings is 10. The highest BCUT2D eigenvalue weighted by Crippen LogP contribution is 2.46. The third-order valence-corrected chi connectivity index (χ3v) is 11.2. The predicted octanol–water partition coefficient (Wildman–Crippen LogP) is 15.5. The molecule has 0 spiro atoms. The van der Waals surface area contributed by atoms with Gasteiger partial charge in [-0.05, 0) is 120 Å². The maximum Gasteiger partial charge on any atom is 0.137 e. The lowest BCUT2D eigenvalue weighted by Gasteiger charge is -2.28. The maximum absolute atomic E-state index is 6.62. The second-order valence-electron chi connectivity index (χ2n) is 14.5. The summed E-state index contributed by atoms with van der Waals surface area (Å²) in [6.07, 6.45) is 0. The average Bonchev–Trinajstić information content (AvgIpc) is 3.64. The molecule has 0 fully saturated rings. The lowest BCUT2D eigenvalue weighted by atomic mass is 9.92. The molecule has 10 aromatic carbocycles. The number of anilines is 3. The Morgan fingerprint density at radius 2 is 0.929 bits per heavy atom. The fourth-order valence-corrected chi connectivity index (χ4v) is 8.51. The summed E-state index contributed by atoms with van der Waals surface area (Å²) in [5.74, 6) is 0. The summed E-state index contributed by atoms with van der Waals surface area (Å²) in [7, 11) is 0. The van der Waals surface area contributed by atoms with Gasteiger partial charge < -0.3 is 9.32 Å². The lowest BCUT2D eigenvalue weighted by molar-refractivity contribution is 0.669. The van der Waals surface area contributed by atoms with Gasteiger partial charge in [0.25, 0.3) is 0 Å². The van der Waals surface area contributed by atoms with Crippen LogP contribution in [0.2, 0.25) is 0 Å². The molecular weight excluding hydrogens is 679 g/mol. The zero-order valence-corrected chi connectivity index (χ0v) is 30.6. The molecule has 1 heterocycles. The van der Waals surface area contributed by atoms with E-state index in [2.05, 4.69) is 217 Å². The Hall–Kier alpha value is -7.42. The number of fused-ring (bicyclic) bond motifs is 6. The molecule has 1 aromatic heterocycles. The fourth-order valence-electron chi connectivity index (χ4n) is 8.51. The monoisotopic (exact) mass is 713 g/mol. The Morgan fingerprint density at radius 3 is 1.75 bits per heavy atom. The number of hydrogen-bond donors (Lipinski definition) is 0. The summed E-state index contributed by atoms with van der Waals surface area (Å²) in [4.78, 5) is 2.40. The standard InChI is InChI=1S/C54H35NO/c1-2-13-38(14-3-1)49-35-45(30-31-48(49)43-25-24-36-12-4-5-16-40(36)32-43)55(44-28-26-39(27-29-44)47-21-10-19-37-15-8-9-20-46(37)47)51-22-11-23-52-54(51)50-33-41-17-6-7-18-42(41)34-53(50)56-52/h1-35H. The van der Waals surface area contributed by atoms with Gasteiger partial charge in [-0.25, -0.2) is 0 Å². The summed E-state index contributed by atoms with van der Waals surface area (Å²) in [6.45, 7) is 0. The van der Waals surface area contributed by atoms with Crippen molar-refractivity contribution in [1.82, 2.24) is 0 Å². The van der Waals surface area contributed by atoms with Gasteiger partial charge in [0.2, 0.25) is 0 Å². The molecule has 0 unspecified atom stereocenters. The first kappa shape index (κ1) is 32.0. The third-order valence-electron chi connectivity index (χ3n) is 11.2. The molecule has 11 rings (SSSR count). The highest BCUT2D eigenvalue weighted by Gasteiger charge is 2.22. The van der Waals surface area contributed by atoms with Crippen LogP contribution in [0.4, 0.5) is 17.1 Å². The van der Waals surface area contributed by atoms with Crippen molar-refractivity contribution in [3.05, 3.63) is 212 Å². The van der Waals surface area contributed by atoms with Crippen molar-refractivity contribution in [2.45, 2.75) is 0 Å². The van der Waals surface area contributed by atoms with Crippen LogP contribution in [-0.4, -0.2) is 0 Å². The molecule has 2 heteroatoms. The van der Waals surface area contributed by atoms with Crippen LogP contribution in [0.1, 0.15) is 0 Å². The van der Waals surface area contributed by atoms with Gasteiger partial charge in [-0.15, -0.1) is 0 Å². The van der Waals surface area contributed by atoms with Gasteiger partial charge in [0.1, 0.15) is 11.2 Å². The molecule has 0 aliphatic carbocycles. The molecule has 0 aliphatic rings. The van der Waals surface area contributed by atoms with Gasteiger partial charge in [0.05, 0.1) is 11.1 Å². The number of hydrogen-bond acceptors (Lipinski definition) is 2. The fraction of sp³-hybridized carbons (Fsp3) is 0. The second-order valence-corrected chi connectivity index (χ2v) is 14.5. The van der Waals surface area contributed by atoms with E-state index in [9.17, 15) is 0 Å². The van der Waals surface area contributed by atoms with E-state index in [0.29, 0.717) is 0 Å². The van der Waals surface area contributed by atoms with Gasteiger partial charge in [-0.2, -0.15) is 0 Å². The molecule has 0 bridgehead atoms. The smallest absolute Gasteiger partial charge is 0.137 e. The summed E-state index contributed by atoms with van der Waals surface area (Å²) in [5.41, 5.74) is 12.1. The summed E-state index contributed by atoms with van der Waals surface area (Å²) < 4.78 is 6.62. The van der Waals surface area contributed by atoms with Crippen molar-refractivity contribution >= 4 is 71.3 Å². The SMILES string of the molecule is c1ccc(-c2cc(N(c3ccc(-c4cccc5ccccc45)cc3)c3cccc4oc5cc6ccccc6cc5c34)ccc2-c2ccc3ccccc3c2)cc1. The first-order chi connectivity index (χ1) is 27.7.